The van der Waals surface area contributed by atoms with Crippen molar-refractivity contribution in [1.82, 2.24) is 18.8 Å². The van der Waals surface area contributed by atoms with Gasteiger partial charge >= 0.3 is 11.4 Å². The van der Waals surface area contributed by atoms with E-state index in [0.717, 1.165) is 18.8 Å². The van der Waals surface area contributed by atoms with Crippen molar-refractivity contribution >= 4 is 11.8 Å². The number of aromatic nitrogens is 3. The summed E-state index contributed by atoms with van der Waals surface area (Å²) in [6.45, 7) is 0.0463. The molecule has 5 rings (SSSR count). The molecule has 0 atom stereocenters. The fourth-order valence-corrected chi connectivity index (χ4v) is 3.98. The Morgan fingerprint density at radius 1 is 0.862 bits per heavy atom. The number of fused-ring (bicyclic) bond motifs is 4. The van der Waals surface area contributed by atoms with E-state index in [9.17, 15) is 29.4 Å². The van der Waals surface area contributed by atoms with E-state index in [-0.39, 0.29) is 35.3 Å². The normalized spacial score (nSPS) is 14.7. The van der Waals surface area contributed by atoms with Crippen LogP contribution in [-0.2, 0) is 13.0 Å². The monoisotopic (exact) mass is 394 g/mol. The number of carbonyl (C=O) groups excluding carboxylic acids is 2. The van der Waals surface area contributed by atoms with Crippen molar-refractivity contribution in [3.8, 4) is 22.9 Å². The lowest BCUT2D eigenvalue weighted by Crippen LogP contribution is -2.31. The molecule has 2 N–H and O–H groups in total. The summed E-state index contributed by atoms with van der Waals surface area (Å²) in [5.74, 6) is -2.61. The average molecular weight is 394 g/mol. The summed E-state index contributed by atoms with van der Waals surface area (Å²) in [5.41, 5.74) is -1.75. The quantitative estimate of drug-likeness (QED) is 0.441. The lowest BCUT2D eigenvalue weighted by molar-refractivity contribution is 0.0691. The molecular formula is C19H14N4O6. The summed E-state index contributed by atoms with van der Waals surface area (Å²) in [4.78, 5) is 51.5. The van der Waals surface area contributed by atoms with Crippen molar-refractivity contribution in [1.29, 1.82) is 0 Å². The molecule has 146 valence electrons. The first-order chi connectivity index (χ1) is 13.8. The fourth-order valence-electron chi connectivity index (χ4n) is 3.98. The highest BCUT2D eigenvalue weighted by Crippen LogP contribution is 2.44. The Bertz CT molecular complexity index is 1360. The van der Waals surface area contributed by atoms with Gasteiger partial charge in [-0.15, -0.1) is 0 Å². The van der Waals surface area contributed by atoms with Crippen molar-refractivity contribution in [3.05, 3.63) is 68.0 Å². The Morgan fingerprint density at radius 3 is 2.14 bits per heavy atom. The highest BCUT2D eigenvalue weighted by atomic mass is 16.3. The van der Waals surface area contributed by atoms with Crippen LogP contribution >= 0.6 is 0 Å². The molecule has 3 aromatic rings. The van der Waals surface area contributed by atoms with Gasteiger partial charge in [-0.2, -0.15) is 4.68 Å². The van der Waals surface area contributed by atoms with Gasteiger partial charge in [0.2, 0.25) is 0 Å². The minimum absolute atomic E-state index is 0.0463. The number of rotatable bonds is 1. The van der Waals surface area contributed by atoms with Crippen molar-refractivity contribution in [3.63, 3.8) is 0 Å². The first-order valence-electron chi connectivity index (χ1n) is 8.78. The minimum atomic E-state index is -0.796. The average Bonchev–Trinajstić information content (AvgIpc) is 3.11. The van der Waals surface area contributed by atoms with Crippen LogP contribution in [0.25, 0.3) is 11.4 Å². The van der Waals surface area contributed by atoms with Crippen LogP contribution in [0.4, 0.5) is 0 Å². The number of para-hydroxylation sites is 1. The van der Waals surface area contributed by atoms with Gasteiger partial charge in [-0.25, -0.2) is 18.8 Å². The van der Waals surface area contributed by atoms with Gasteiger partial charge in [-0.05, 0) is 18.6 Å². The fraction of sp³-hybridized carbons (Fsp3) is 0.158. The molecule has 0 saturated carbocycles. The highest BCUT2D eigenvalue weighted by Gasteiger charge is 2.43. The number of imide groups is 1. The van der Waals surface area contributed by atoms with E-state index >= 15 is 0 Å². The molecule has 2 aliphatic rings. The number of hydrogen-bond acceptors (Lipinski definition) is 6. The lowest BCUT2D eigenvalue weighted by atomic mass is 9.97. The number of hydrogen-bond donors (Lipinski definition) is 2. The molecule has 0 spiro atoms. The zero-order chi connectivity index (χ0) is 20.6. The molecule has 2 amide bonds. The first kappa shape index (κ1) is 17.0. The second kappa shape index (κ2) is 5.47. The topological polar surface area (TPSA) is 127 Å². The summed E-state index contributed by atoms with van der Waals surface area (Å²) in [6.07, 6.45) is 0.0886. The van der Waals surface area contributed by atoms with Crippen molar-refractivity contribution in [2.24, 2.45) is 0 Å². The van der Waals surface area contributed by atoms with E-state index < -0.39 is 34.7 Å². The summed E-state index contributed by atoms with van der Waals surface area (Å²) in [5, 5.41) is 21.5. The molecule has 10 nitrogen and oxygen atoms in total. The van der Waals surface area contributed by atoms with Gasteiger partial charge < -0.3 is 10.2 Å². The molecule has 29 heavy (non-hydrogen) atoms. The molecule has 0 aliphatic carbocycles. The van der Waals surface area contributed by atoms with Crippen LogP contribution in [0.5, 0.6) is 11.5 Å². The Hall–Kier alpha value is -4.08. The van der Waals surface area contributed by atoms with Crippen molar-refractivity contribution in [2.75, 3.05) is 7.05 Å². The summed E-state index contributed by atoms with van der Waals surface area (Å²) < 4.78 is 3.02. The molecular weight excluding hydrogens is 380 g/mol. The molecule has 1 aromatic heterocycles. The molecule has 0 unspecified atom stereocenters. The second-order valence-electron chi connectivity index (χ2n) is 6.86. The maximum atomic E-state index is 13.1. The van der Waals surface area contributed by atoms with Crippen LogP contribution < -0.4 is 11.4 Å². The predicted molar refractivity (Wildman–Crippen MR) is 99.1 cm³/mol. The van der Waals surface area contributed by atoms with Gasteiger partial charge in [0.1, 0.15) is 17.0 Å². The summed E-state index contributed by atoms with van der Waals surface area (Å²) in [6, 6.07) is 8.27. The molecule has 0 radical (unpaired) electrons. The van der Waals surface area contributed by atoms with E-state index in [1.54, 1.807) is 30.3 Å². The number of phenols is 2. The van der Waals surface area contributed by atoms with Crippen molar-refractivity contribution < 1.29 is 19.8 Å². The number of phenolic OH excluding ortho intramolecular Hbond substituents is 2. The van der Waals surface area contributed by atoms with E-state index in [2.05, 4.69) is 0 Å². The molecule has 0 saturated heterocycles. The maximum Gasteiger partial charge on any atom is 0.356 e. The molecule has 0 fully saturated rings. The Balaban J connectivity index is 1.89. The maximum absolute atomic E-state index is 13.1. The van der Waals surface area contributed by atoms with Gasteiger partial charge in [-0.1, -0.05) is 18.2 Å². The zero-order valence-electron chi connectivity index (χ0n) is 15.1. The number of aromatic hydroxyl groups is 2. The van der Waals surface area contributed by atoms with Crippen LogP contribution in [0.3, 0.4) is 0 Å². The van der Waals surface area contributed by atoms with Gasteiger partial charge in [0.05, 0.1) is 11.3 Å². The second-order valence-corrected chi connectivity index (χ2v) is 6.86. The zero-order valence-corrected chi connectivity index (χ0v) is 15.1. The van der Waals surface area contributed by atoms with E-state index in [1.807, 2.05) is 0 Å². The lowest BCUT2D eigenvalue weighted by Gasteiger charge is -2.22. The van der Waals surface area contributed by atoms with Gasteiger partial charge in [-0.3, -0.25) is 14.5 Å². The Kier molecular flexibility index (Phi) is 3.22. The van der Waals surface area contributed by atoms with Gasteiger partial charge in [0.25, 0.3) is 11.8 Å². The van der Waals surface area contributed by atoms with E-state index in [0.29, 0.717) is 5.69 Å². The largest absolute Gasteiger partial charge is 0.507 e. The van der Waals surface area contributed by atoms with Crippen LogP contribution in [0.1, 0.15) is 26.3 Å². The summed E-state index contributed by atoms with van der Waals surface area (Å²) in [7, 11) is 1.23. The van der Waals surface area contributed by atoms with Crippen LogP contribution in [0.2, 0.25) is 0 Å². The number of benzene rings is 2. The Morgan fingerprint density at radius 2 is 1.48 bits per heavy atom. The standard InChI is InChI=1S/C19H14N4O6/c1-20-16(26)11-12(17(20)27)15(25)13-10(14(11)24)7-8-21-18(28)22(19(29)23(13)21)9-5-3-2-4-6-9/h2-6,24-25H,7-8H2,1H3. The smallest absolute Gasteiger partial charge is 0.356 e. The third-order valence-electron chi connectivity index (χ3n) is 5.38. The SMILES string of the molecule is CN1C(=O)c2c(O)c3c(c(O)c2C1=O)-n1c(=O)n(-c2ccccc2)c(=O)n1CC3. The van der Waals surface area contributed by atoms with E-state index in [4.69, 9.17) is 0 Å². The predicted octanol–water partition coefficient (Wildman–Crippen LogP) is -0.0170. The molecule has 2 aliphatic heterocycles. The number of nitrogens with zero attached hydrogens (tertiary/aromatic N) is 4. The number of amides is 2. The van der Waals surface area contributed by atoms with Gasteiger partial charge in [0.15, 0.2) is 5.75 Å². The highest BCUT2D eigenvalue weighted by molar-refractivity contribution is 6.24. The number of carbonyl (C=O) groups is 2. The minimum Gasteiger partial charge on any atom is -0.507 e. The summed E-state index contributed by atoms with van der Waals surface area (Å²) >= 11 is 0. The third kappa shape index (κ3) is 1.94. The molecule has 3 heterocycles. The van der Waals surface area contributed by atoms with Crippen LogP contribution in [0.15, 0.2) is 39.9 Å². The Labute approximate surface area is 162 Å². The van der Waals surface area contributed by atoms with E-state index in [1.165, 1.54) is 7.05 Å². The van der Waals surface area contributed by atoms with Crippen LogP contribution in [0, 0.1) is 0 Å². The van der Waals surface area contributed by atoms with Crippen molar-refractivity contribution in [2.45, 2.75) is 13.0 Å². The molecule has 10 heteroatoms. The van der Waals surface area contributed by atoms with Gasteiger partial charge in [0, 0.05) is 19.2 Å². The third-order valence-corrected chi connectivity index (χ3v) is 5.38. The molecule has 2 aromatic carbocycles. The first-order valence-corrected chi connectivity index (χ1v) is 8.78. The molecule has 0 bridgehead atoms. The van der Waals surface area contributed by atoms with Crippen LogP contribution in [-0.4, -0.2) is 47.9 Å².